The van der Waals surface area contributed by atoms with Gasteiger partial charge in [-0.2, -0.15) is 13.2 Å². The van der Waals surface area contributed by atoms with Crippen LogP contribution in [0.25, 0.3) is 28.0 Å². The maximum atomic E-state index is 13.9. The van der Waals surface area contributed by atoms with Crippen LogP contribution in [0.1, 0.15) is 47.2 Å². The molecular formula is C41H29F3OS. The Morgan fingerprint density at radius 2 is 1.26 bits per heavy atom. The predicted molar refractivity (Wildman–Crippen MR) is 180 cm³/mol. The number of fused-ring (bicyclic) bond motifs is 8. The Kier molecular flexibility index (Phi) is 6.49. The molecule has 46 heavy (non-hydrogen) atoms. The molecule has 0 bridgehead atoms. The van der Waals surface area contributed by atoms with Crippen LogP contribution in [0.15, 0.2) is 143 Å². The molecule has 0 N–H and O–H groups in total. The number of alkyl halides is 3. The lowest BCUT2D eigenvalue weighted by molar-refractivity contribution is -0.137. The first-order chi connectivity index (χ1) is 22.2. The van der Waals surface area contributed by atoms with E-state index in [1.54, 1.807) is 17.8 Å². The maximum absolute atomic E-state index is 13.9. The molecule has 8 rings (SSSR count). The van der Waals surface area contributed by atoms with Gasteiger partial charge >= 0.3 is 6.18 Å². The zero-order valence-corrected chi connectivity index (χ0v) is 26.0. The van der Waals surface area contributed by atoms with Crippen molar-refractivity contribution in [2.45, 2.75) is 40.8 Å². The number of benzene rings is 6. The van der Waals surface area contributed by atoms with Crippen molar-refractivity contribution in [1.82, 2.24) is 0 Å². The van der Waals surface area contributed by atoms with E-state index in [2.05, 4.69) is 72.8 Å². The second-order valence-corrected chi connectivity index (χ2v) is 13.5. The second kappa shape index (κ2) is 10.4. The van der Waals surface area contributed by atoms with Gasteiger partial charge in [-0.3, -0.25) is 0 Å². The molecule has 1 heterocycles. The molecule has 2 aliphatic rings. The Morgan fingerprint density at radius 1 is 0.652 bits per heavy atom. The highest BCUT2D eigenvalue weighted by Crippen LogP contribution is 2.58. The van der Waals surface area contributed by atoms with Gasteiger partial charge in [-0.1, -0.05) is 123 Å². The van der Waals surface area contributed by atoms with Crippen LogP contribution < -0.4 is 4.74 Å². The van der Waals surface area contributed by atoms with Gasteiger partial charge in [0.05, 0.1) is 5.56 Å². The highest BCUT2D eigenvalue weighted by Gasteiger charge is 2.45. The molecule has 1 unspecified atom stereocenters. The Labute approximate surface area is 270 Å². The molecule has 0 saturated heterocycles. The molecule has 1 nitrogen and oxygen atoms in total. The van der Waals surface area contributed by atoms with Gasteiger partial charge in [0.15, 0.2) is 5.60 Å². The van der Waals surface area contributed by atoms with Gasteiger partial charge in [0, 0.05) is 37.3 Å². The molecule has 0 aromatic heterocycles. The lowest BCUT2D eigenvalue weighted by atomic mass is 9.76. The zero-order chi connectivity index (χ0) is 31.7. The topological polar surface area (TPSA) is 9.23 Å². The van der Waals surface area contributed by atoms with E-state index in [1.807, 2.05) is 62.4 Å². The summed E-state index contributed by atoms with van der Waals surface area (Å²) in [6.07, 6.45) is -0.184. The molecule has 0 saturated carbocycles. The number of halogens is 3. The van der Waals surface area contributed by atoms with Gasteiger partial charge in [-0.05, 0) is 70.1 Å². The average Bonchev–Trinajstić information content (AvgIpc) is 3.32. The molecule has 0 fully saturated rings. The molecule has 0 radical (unpaired) electrons. The van der Waals surface area contributed by atoms with E-state index in [4.69, 9.17) is 4.74 Å². The predicted octanol–water partition coefficient (Wildman–Crippen LogP) is 11.7. The first kappa shape index (κ1) is 28.7. The van der Waals surface area contributed by atoms with E-state index in [1.165, 1.54) is 17.0 Å². The third-order valence-electron chi connectivity index (χ3n) is 9.33. The van der Waals surface area contributed by atoms with Crippen molar-refractivity contribution in [2.24, 2.45) is 0 Å². The van der Waals surface area contributed by atoms with Gasteiger partial charge in [-0.25, -0.2) is 0 Å². The van der Waals surface area contributed by atoms with Crippen molar-refractivity contribution in [2.75, 3.05) is 0 Å². The smallest absolute Gasteiger partial charge is 0.416 e. The second-order valence-electron chi connectivity index (χ2n) is 12.4. The van der Waals surface area contributed by atoms with Crippen molar-refractivity contribution >= 4 is 28.6 Å². The molecule has 0 amide bonds. The van der Waals surface area contributed by atoms with Crippen molar-refractivity contribution in [3.05, 3.63) is 167 Å². The summed E-state index contributed by atoms with van der Waals surface area (Å²) in [4.78, 5) is 2.29. The van der Waals surface area contributed by atoms with E-state index in [0.717, 1.165) is 54.8 Å². The van der Waals surface area contributed by atoms with Gasteiger partial charge < -0.3 is 4.74 Å². The molecule has 6 aromatic carbocycles. The van der Waals surface area contributed by atoms with Gasteiger partial charge in [-0.15, -0.1) is 0 Å². The lowest BCUT2D eigenvalue weighted by Crippen LogP contribution is -2.35. The Hall–Kier alpha value is -4.74. The normalized spacial score (nSPS) is 17.7. The highest BCUT2D eigenvalue weighted by molar-refractivity contribution is 7.99. The Bertz CT molecular complexity index is 2150. The van der Waals surface area contributed by atoms with E-state index < -0.39 is 22.8 Å². The highest BCUT2D eigenvalue weighted by atomic mass is 32.2. The van der Waals surface area contributed by atoms with Gasteiger partial charge in [0.2, 0.25) is 0 Å². The van der Waals surface area contributed by atoms with E-state index in [0.29, 0.717) is 5.56 Å². The molecule has 1 aliphatic heterocycles. The van der Waals surface area contributed by atoms with Crippen LogP contribution in [0.4, 0.5) is 13.2 Å². The summed E-state index contributed by atoms with van der Waals surface area (Å²) in [5, 5.41) is 1.90. The third kappa shape index (κ3) is 4.40. The molecular weight excluding hydrogens is 598 g/mol. The van der Waals surface area contributed by atoms with Crippen molar-refractivity contribution in [3.8, 4) is 16.9 Å². The summed E-state index contributed by atoms with van der Waals surface area (Å²) in [7, 11) is 0. The molecule has 1 aliphatic carbocycles. The van der Waals surface area contributed by atoms with Gasteiger partial charge in [0.1, 0.15) is 5.75 Å². The van der Waals surface area contributed by atoms with Crippen LogP contribution in [-0.2, 0) is 17.2 Å². The molecule has 226 valence electrons. The number of rotatable bonds is 4. The van der Waals surface area contributed by atoms with Gasteiger partial charge in [0.25, 0.3) is 0 Å². The Morgan fingerprint density at radius 3 is 1.96 bits per heavy atom. The average molecular weight is 627 g/mol. The minimum Gasteiger partial charge on any atom is -0.472 e. The maximum Gasteiger partial charge on any atom is 0.416 e. The van der Waals surface area contributed by atoms with Crippen molar-refractivity contribution in [3.63, 3.8) is 0 Å². The first-order valence-corrected chi connectivity index (χ1v) is 16.1. The summed E-state index contributed by atoms with van der Waals surface area (Å²) in [6, 6.07) is 41.2. The van der Waals surface area contributed by atoms with Crippen LogP contribution in [0, 0.1) is 0 Å². The lowest BCUT2D eigenvalue weighted by Gasteiger charge is -2.38. The number of ether oxygens (including phenoxy) is 1. The summed E-state index contributed by atoms with van der Waals surface area (Å²) in [5.41, 5.74) is 4.14. The van der Waals surface area contributed by atoms with Crippen molar-refractivity contribution in [1.29, 1.82) is 0 Å². The number of hydrogen-bond donors (Lipinski definition) is 0. The fourth-order valence-corrected chi connectivity index (χ4v) is 8.01. The quantitative estimate of drug-likeness (QED) is 0.193. The van der Waals surface area contributed by atoms with E-state index >= 15 is 0 Å². The molecule has 6 aromatic rings. The summed E-state index contributed by atoms with van der Waals surface area (Å²) in [5.74, 6) is 0.736. The van der Waals surface area contributed by atoms with Crippen LogP contribution in [0.2, 0.25) is 0 Å². The minimum absolute atomic E-state index is 0.630. The summed E-state index contributed by atoms with van der Waals surface area (Å²) < 4.78 is 48.9. The molecule has 1 atom stereocenters. The third-order valence-corrected chi connectivity index (χ3v) is 10.3. The van der Waals surface area contributed by atoms with Crippen LogP contribution in [0.3, 0.4) is 0 Å². The zero-order valence-electron chi connectivity index (χ0n) is 25.2. The SMILES string of the molecule is CC1(C)c2cc(C(F)(F)F)ccc2-c2c1c1c(c3ccccc23)OC(c2ccccc2)(c2ccc(Sc3ccccc3)cc2)C=C1. The monoisotopic (exact) mass is 626 g/mol. The van der Waals surface area contributed by atoms with Crippen LogP contribution >= 0.6 is 11.8 Å². The van der Waals surface area contributed by atoms with E-state index in [9.17, 15) is 13.2 Å². The standard InChI is InChI=1S/C41H29F3OS/c1-39(2)35-25-28(41(42,43)44)19-22-33(35)36-31-15-9-10-16-32(31)38-34(37(36)39)23-24-40(45-38,26-11-5-3-6-12-26)27-17-20-30(21-18-27)46-29-13-7-4-8-14-29/h3-25H,1-2H3. The number of hydrogen-bond acceptors (Lipinski definition) is 2. The minimum atomic E-state index is -4.42. The fraction of sp³-hybridized carbons (Fsp3) is 0.122. The largest absolute Gasteiger partial charge is 0.472 e. The molecule has 5 heteroatoms. The van der Waals surface area contributed by atoms with Crippen LogP contribution in [0.5, 0.6) is 5.75 Å². The van der Waals surface area contributed by atoms with Crippen molar-refractivity contribution < 1.29 is 17.9 Å². The molecule has 0 spiro atoms. The van der Waals surface area contributed by atoms with Crippen LogP contribution in [-0.4, -0.2) is 0 Å². The summed E-state index contributed by atoms with van der Waals surface area (Å²) in [6.45, 7) is 4.03. The fourth-order valence-electron chi connectivity index (χ4n) is 7.17. The summed E-state index contributed by atoms with van der Waals surface area (Å²) >= 11 is 1.71. The van der Waals surface area contributed by atoms with E-state index in [-0.39, 0.29) is 0 Å². The first-order valence-electron chi connectivity index (χ1n) is 15.3. The Balaban J connectivity index is 1.32.